The van der Waals surface area contributed by atoms with Crippen LogP contribution in [0.2, 0.25) is 0 Å². The Morgan fingerprint density at radius 1 is 0.714 bits per heavy atom. The summed E-state index contributed by atoms with van der Waals surface area (Å²) >= 11 is 0. The minimum atomic E-state index is -0.758. The second kappa shape index (κ2) is 14.6. The van der Waals surface area contributed by atoms with Crippen molar-refractivity contribution in [3.63, 3.8) is 0 Å². The second-order valence-corrected chi connectivity index (χ2v) is 11.5. The van der Waals surface area contributed by atoms with Crippen LogP contribution in [0.25, 0.3) is 0 Å². The van der Waals surface area contributed by atoms with Gasteiger partial charge in [0.05, 0.1) is 0 Å². The summed E-state index contributed by atoms with van der Waals surface area (Å²) in [5.41, 5.74) is 3.96. The lowest BCUT2D eigenvalue weighted by molar-refractivity contribution is -0.128. The van der Waals surface area contributed by atoms with Crippen molar-refractivity contribution in [1.29, 1.82) is 0 Å². The van der Waals surface area contributed by atoms with E-state index < -0.39 is 11.9 Å². The second-order valence-electron chi connectivity index (χ2n) is 11.5. The summed E-state index contributed by atoms with van der Waals surface area (Å²) < 4.78 is 0. The quantitative estimate of drug-likeness (QED) is 0.271. The standard InChI is InChI=1S/C36H41N3O3/c40-34(30-17-9-3-10-18-30)39-33(29-23-21-28(22-24-29)27-15-7-2-8-16-27)36(42)38-32(25-26-13-5-1-6-14-26)35(41)37-31-19-11-4-12-20-31/h1-3,5-10,13-18,28,31-32H,4,11-12,19-25H2,(H,37,41)(H,38,42)(H,39,40)/t28?,32-/m0/s1. The van der Waals surface area contributed by atoms with E-state index >= 15 is 0 Å². The van der Waals surface area contributed by atoms with E-state index in [1.54, 1.807) is 24.3 Å². The summed E-state index contributed by atoms with van der Waals surface area (Å²) in [4.78, 5) is 40.8. The van der Waals surface area contributed by atoms with Crippen LogP contribution in [-0.2, 0) is 16.0 Å². The van der Waals surface area contributed by atoms with Gasteiger partial charge < -0.3 is 16.0 Å². The molecule has 1 atom stereocenters. The van der Waals surface area contributed by atoms with Crippen LogP contribution in [0.4, 0.5) is 0 Å². The molecule has 2 saturated carbocycles. The molecule has 3 aromatic carbocycles. The summed E-state index contributed by atoms with van der Waals surface area (Å²) in [5, 5.41) is 9.17. The molecule has 2 fully saturated rings. The normalized spacial score (nSPS) is 18.0. The molecule has 5 rings (SSSR count). The Kier molecular flexibility index (Phi) is 10.2. The monoisotopic (exact) mass is 563 g/mol. The number of carbonyl (C=O) groups excluding carboxylic acids is 3. The molecule has 42 heavy (non-hydrogen) atoms. The average Bonchev–Trinajstić information content (AvgIpc) is 3.05. The molecule has 0 heterocycles. The molecule has 0 bridgehead atoms. The zero-order valence-electron chi connectivity index (χ0n) is 24.2. The van der Waals surface area contributed by atoms with Gasteiger partial charge in [-0.2, -0.15) is 0 Å². The zero-order chi connectivity index (χ0) is 29.1. The van der Waals surface area contributed by atoms with Crippen LogP contribution in [0.15, 0.2) is 102 Å². The average molecular weight is 564 g/mol. The topological polar surface area (TPSA) is 87.3 Å². The predicted octanol–water partition coefficient (Wildman–Crippen LogP) is 6.20. The van der Waals surface area contributed by atoms with Gasteiger partial charge in [0.1, 0.15) is 11.7 Å². The highest BCUT2D eigenvalue weighted by molar-refractivity contribution is 6.04. The highest BCUT2D eigenvalue weighted by Crippen LogP contribution is 2.36. The first-order valence-corrected chi connectivity index (χ1v) is 15.4. The van der Waals surface area contributed by atoms with Crippen molar-refractivity contribution in [2.45, 2.75) is 82.2 Å². The van der Waals surface area contributed by atoms with Gasteiger partial charge in [-0.05, 0) is 73.3 Å². The molecule has 3 N–H and O–H groups in total. The maximum absolute atomic E-state index is 14.0. The number of benzene rings is 3. The van der Waals surface area contributed by atoms with Crippen LogP contribution in [-0.4, -0.2) is 29.8 Å². The van der Waals surface area contributed by atoms with Crippen LogP contribution >= 0.6 is 0 Å². The molecule has 2 aliphatic rings. The van der Waals surface area contributed by atoms with Gasteiger partial charge in [0.2, 0.25) is 5.91 Å². The molecule has 2 aliphatic carbocycles. The number of hydrogen-bond acceptors (Lipinski definition) is 3. The first kappa shape index (κ1) is 29.3. The Bertz CT molecular complexity index is 1360. The van der Waals surface area contributed by atoms with Crippen molar-refractivity contribution in [3.05, 3.63) is 119 Å². The van der Waals surface area contributed by atoms with Crippen molar-refractivity contribution < 1.29 is 14.4 Å². The van der Waals surface area contributed by atoms with Crippen LogP contribution < -0.4 is 16.0 Å². The lowest BCUT2D eigenvalue weighted by atomic mass is 9.81. The van der Waals surface area contributed by atoms with Crippen LogP contribution in [0.1, 0.15) is 85.2 Å². The van der Waals surface area contributed by atoms with Crippen molar-refractivity contribution in [2.75, 3.05) is 0 Å². The number of hydrogen-bond donors (Lipinski definition) is 3. The number of carbonyl (C=O) groups is 3. The molecule has 6 heteroatoms. The number of allylic oxidation sites excluding steroid dienone is 1. The zero-order valence-corrected chi connectivity index (χ0v) is 24.2. The third-order valence-electron chi connectivity index (χ3n) is 8.57. The van der Waals surface area contributed by atoms with E-state index in [1.807, 2.05) is 42.5 Å². The fraction of sp³-hybridized carbons (Fsp3) is 0.361. The van der Waals surface area contributed by atoms with Crippen LogP contribution in [0, 0.1) is 0 Å². The van der Waals surface area contributed by atoms with E-state index in [2.05, 4.69) is 40.2 Å². The fourth-order valence-corrected chi connectivity index (χ4v) is 6.19. The van der Waals surface area contributed by atoms with E-state index in [-0.39, 0.29) is 23.6 Å². The van der Waals surface area contributed by atoms with E-state index in [9.17, 15) is 14.4 Å². The summed E-state index contributed by atoms with van der Waals surface area (Å²) in [6, 6.07) is 28.5. The third-order valence-corrected chi connectivity index (χ3v) is 8.57. The lowest BCUT2D eigenvalue weighted by Crippen LogP contribution is -2.52. The number of amides is 3. The fourth-order valence-electron chi connectivity index (χ4n) is 6.19. The Labute approximate surface area is 249 Å². The first-order chi connectivity index (χ1) is 20.6. The predicted molar refractivity (Wildman–Crippen MR) is 166 cm³/mol. The Morgan fingerprint density at radius 3 is 1.95 bits per heavy atom. The molecule has 0 aliphatic heterocycles. The highest BCUT2D eigenvalue weighted by Gasteiger charge is 2.29. The van der Waals surface area contributed by atoms with Gasteiger partial charge in [0.25, 0.3) is 11.8 Å². The SMILES string of the molecule is O=C(N[C@@H](Cc1ccccc1)C(=O)NC1CCCCC1)C(NC(=O)c1ccccc1)=C1CCC(c2ccccc2)CC1. The molecule has 0 unspecified atom stereocenters. The number of nitrogens with one attached hydrogen (secondary N) is 3. The highest BCUT2D eigenvalue weighted by atomic mass is 16.2. The van der Waals surface area contributed by atoms with Crippen molar-refractivity contribution in [3.8, 4) is 0 Å². The van der Waals surface area contributed by atoms with Gasteiger partial charge in [-0.1, -0.05) is 98.1 Å². The molecule has 0 spiro atoms. The smallest absolute Gasteiger partial charge is 0.268 e. The minimum Gasteiger partial charge on any atom is -0.352 e. The summed E-state index contributed by atoms with van der Waals surface area (Å²) in [5.74, 6) is -0.501. The van der Waals surface area contributed by atoms with Gasteiger partial charge >= 0.3 is 0 Å². The molecule has 3 amide bonds. The molecule has 0 saturated heterocycles. The largest absolute Gasteiger partial charge is 0.352 e. The maximum Gasteiger partial charge on any atom is 0.268 e. The molecule has 0 aromatic heterocycles. The summed E-state index contributed by atoms with van der Waals surface area (Å²) in [6.45, 7) is 0. The molecule has 0 radical (unpaired) electrons. The van der Waals surface area contributed by atoms with Gasteiger partial charge in [0.15, 0.2) is 0 Å². The van der Waals surface area contributed by atoms with E-state index in [1.165, 1.54) is 12.0 Å². The molecule has 3 aromatic rings. The van der Waals surface area contributed by atoms with E-state index in [0.717, 1.165) is 49.7 Å². The Hall–Kier alpha value is -4.19. The van der Waals surface area contributed by atoms with E-state index in [0.29, 0.717) is 30.7 Å². The Balaban J connectivity index is 1.37. The van der Waals surface area contributed by atoms with Crippen LogP contribution in [0.3, 0.4) is 0 Å². The van der Waals surface area contributed by atoms with Crippen LogP contribution in [0.5, 0.6) is 0 Å². The van der Waals surface area contributed by atoms with Gasteiger partial charge in [-0.25, -0.2) is 0 Å². The van der Waals surface area contributed by atoms with Crippen molar-refractivity contribution >= 4 is 17.7 Å². The Morgan fingerprint density at radius 2 is 1.31 bits per heavy atom. The molecular formula is C36H41N3O3. The van der Waals surface area contributed by atoms with Crippen molar-refractivity contribution in [1.82, 2.24) is 16.0 Å². The van der Waals surface area contributed by atoms with Gasteiger partial charge in [-0.3, -0.25) is 14.4 Å². The molecule has 218 valence electrons. The summed E-state index contributed by atoms with van der Waals surface area (Å²) in [7, 11) is 0. The lowest BCUT2D eigenvalue weighted by Gasteiger charge is -2.28. The van der Waals surface area contributed by atoms with E-state index in [4.69, 9.17) is 0 Å². The van der Waals surface area contributed by atoms with Gasteiger partial charge in [0, 0.05) is 18.0 Å². The molecule has 6 nitrogen and oxygen atoms in total. The minimum absolute atomic E-state index is 0.130. The third kappa shape index (κ3) is 7.96. The summed E-state index contributed by atoms with van der Waals surface area (Å²) in [6.07, 6.45) is 8.89. The number of rotatable bonds is 9. The maximum atomic E-state index is 14.0. The molecular weight excluding hydrogens is 522 g/mol. The van der Waals surface area contributed by atoms with Crippen molar-refractivity contribution in [2.24, 2.45) is 0 Å². The first-order valence-electron chi connectivity index (χ1n) is 15.4. The van der Waals surface area contributed by atoms with Gasteiger partial charge in [-0.15, -0.1) is 0 Å².